The molecule has 3 aromatic rings. The first-order valence-electron chi connectivity index (χ1n) is 11.3. The van der Waals surface area contributed by atoms with Gasteiger partial charge in [0, 0.05) is 42.7 Å². The molecule has 10 heteroatoms. The Morgan fingerprint density at radius 1 is 1.25 bits per heavy atom. The zero-order valence-electron chi connectivity index (χ0n) is 18.6. The second kappa shape index (κ2) is 8.51. The number of piperidine rings is 1. The Balaban J connectivity index is 1.39. The summed E-state index contributed by atoms with van der Waals surface area (Å²) in [7, 11) is 0. The van der Waals surface area contributed by atoms with E-state index in [4.69, 9.17) is 10.5 Å². The van der Waals surface area contributed by atoms with Crippen molar-refractivity contribution in [1.82, 2.24) is 34.6 Å². The number of carbonyl (C=O) groups excluding carboxylic acids is 1. The minimum Gasteiger partial charge on any atom is -0.378 e. The molecule has 10 nitrogen and oxygen atoms in total. The van der Waals surface area contributed by atoms with Crippen LogP contribution in [0.5, 0.6) is 0 Å². The molecule has 2 aliphatic heterocycles. The van der Waals surface area contributed by atoms with E-state index in [0.717, 1.165) is 56.7 Å². The Morgan fingerprint density at radius 3 is 2.72 bits per heavy atom. The molecule has 0 bridgehead atoms. The highest BCUT2D eigenvalue weighted by molar-refractivity contribution is 6.01. The third kappa shape index (κ3) is 3.95. The van der Waals surface area contributed by atoms with Gasteiger partial charge in [-0.2, -0.15) is 10.1 Å². The number of carbonyl (C=O) groups is 1. The van der Waals surface area contributed by atoms with E-state index < -0.39 is 0 Å². The number of nitrogens with two attached hydrogens (primary N) is 1. The largest absolute Gasteiger partial charge is 0.378 e. The Labute approximate surface area is 186 Å². The molecule has 1 amide bonds. The van der Waals surface area contributed by atoms with E-state index in [1.54, 1.807) is 4.52 Å². The van der Waals surface area contributed by atoms with Gasteiger partial charge in [-0.1, -0.05) is 6.92 Å². The highest BCUT2D eigenvalue weighted by Crippen LogP contribution is 2.28. The molecule has 1 unspecified atom stereocenters. The van der Waals surface area contributed by atoms with Crippen molar-refractivity contribution >= 4 is 17.5 Å². The molecule has 2 aliphatic rings. The highest BCUT2D eigenvalue weighted by Gasteiger charge is 2.30. The fourth-order valence-electron chi connectivity index (χ4n) is 4.37. The number of likely N-dealkylation sites (tertiary alicyclic amines) is 1. The van der Waals surface area contributed by atoms with Crippen LogP contribution in [0, 0.1) is 0 Å². The molecule has 3 N–H and O–H groups in total. The minimum atomic E-state index is -0.182. The number of nitrogen functional groups attached to an aromatic ring is 1. The molecule has 3 aromatic heterocycles. The molecule has 5 heterocycles. The fraction of sp³-hybridized carbons (Fsp3) is 0.545. The lowest BCUT2D eigenvalue weighted by Crippen LogP contribution is -2.51. The number of ether oxygens (including phenoxy) is 1. The first-order chi connectivity index (χ1) is 15.5. The van der Waals surface area contributed by atoms with Gasteiger partial charge in [-0.05, 0) is 32.3 Å². The topological polar surface area (TPSA) is 116 Å². The Morgan fingerprint density at radius 2 is 2.03 bits per heavy atom. The number of nitrogens with one attached hydrogen (secondary N) is 1. The van der Waals surface area contributed by atoms with Gasteiger partial charge in [0.05, 0.1) is 37.1 Å². The summed E-state index contributed by atoms with van der Waals surface area (Å²) in [6, 6.07) is 2.87. The Hall–Kier alpha value is -2.98. The van der Waals surface area contributed by atoms with Crippen LogP contribution < -0.4 is 11.1 Å². The summed E-state index contributed by atoms with van der Waals surface area (Å²) in [5.41, 5.74) is 8.52. The Kier molecular flexibility index (Phi) is 5.56. The lowest BCUT2D eigenvalue weighted by molar-refractivity contribution is -0.0734. The molecule has 1 atom stereocenters. The van der Waals surface area contributed by atoms with Crippen molar-refractivity contribution in [3.05, 3.63) is 30.2 Å². The van der Waals surface area contributed by atoms with Crippen molar-refractivity contribution in [2.45, 2.75) is 51.2 Å². The van der Waals surface area contributed by atoms with Crippen LogP contribution in [0.15, 0.2) is 24.7 Å². The monoisotopic (exact) mass is 438 g/mol. The molecule has 2 saturated heterocycles. The van der Waals surface area contributed by atoms with Crippen LogP contribution in [0.25, 0.3) is 16.8 Å². The van der Waals surface area contributed by atoms with Crippen molar-refractivity contribution in [3.63, 3.8) is 0 Å². The summed E-state index contributed by atoms with van der Waals surface area (Å²) >= 11 is 0. The standard InChI is InChI=1S/C22H30N8O2/c1-3-14(2)25-21(31)19-8-15(10-30-20(19)26-22(23)27-30)16-9-24-29(11-16)17-4-6-28(7-5-17)18-12-32-13-18/h8-11,14,17-18H,3-7,12-13H2,1-2H3,(H2,23,27)(H,25,31). The van der Waals surface area contributed by atoms with E-state index in [-0.39, 0.29) is 17.9 Å². The SMILES string of the molecule is CCC(C)NC(=O)c1cc(-c2cnn(C3CCN(C4COC4)CC3)c2)cn2nc(N)nc12. The van der Waals surface area contributed by atoms with E-state index in [2.05, 4.69) is 36.3 Å². The number of fused-ring (bicyclic) bond motifs is 1. The summed E-state index contributed by atoms with van der Waals surface area (Å²) in [4.78, 5) is 19.7. The molecule has 0 radical (unpaired) electrons. The lowest BCUT2D eigenvalue weighted by Gasteiger charge is -2.41. The van der Waals surface area contributed by atoms with Crippen LogP contribution >= 0.6 is 0 Å². The predicted molar refractivity (Wildman–Crippen MR) is 120 cm³/mol. The van der Waals surface area contributed by atoms with Gasteiger partial charge in [0.25, 0.3) is 5.91 Å². The van der Waals surface area contributed by atoms with Gasteiger partial charge in [-0.15, -0.1) is 5.10 Å². The lowest BCUT2D eigenvalue weighted by atomic mass is 10.0. The molecule has 0 saturated carbocycles. The van der Waals surface area contributed by atoms with Gasteiger partial charge in [-0.25, -0.2) is 4.52 Å². The number of amides is 1. The van der Waals surface area contributed by atoms with E-state index in [1.165, 1.54) is 0 Å². The molecule has 5 rings (SSSR count). The van der Waals surface area contributed by atoms with Gasteiger partial charge < -0.3 is 15.8 Å². The zero-order chi connectivity index (χ0) is 22.2. The molecule has 32 heavy (non-hydrogen) atoms. The van der Waals surface area contributed by atoms with E-state index in [1.807, 2.05) is 32.3 Å². The maximum Gasteiger partial charge on any atom is 0.255 e. The van der Waals surface area contributed by atoms with Crippen LogP contribution in [0.2, 0.25) is 0 Å². The van der Waals surface area contributed by atoms with Crippen LogP contribution in [0.4, 0.5) is 5.95 Å². The third-order valence-corrected chi connectivity index (χ3v) is 6.63. The molecule has 0 aliphatic carbocycles. The average molecular weight is 439 g/mol. The summed E-state index contributed by atoms with van der Waals surface area (Å²) < 4.78 is 8.97. The minimum absolute atomic E-state index is 0.0617. The number of aromatic nitrogens is 5. The molecular weight excluding hydrogens is 408 g/mol. The summed E-state index contributed by atoms with van der Waals surface area (Å²) in [6.07, 6.45) is 8.74. The smallest absolute Gasteiger partial charge is 0.255 e. The van der Waals surface area contributed by atoms with E-state index in [9.17, 15) is 4.79 Å². The first-order valence-corrected chi connectivity index (χ1v) is 11.3. The molecule has 0 aromatic carbocycles. The molecule has 0 spiro atoms. The van der Waals surface area contributed by atoms with Crippen molar-refractivity contribution in [3.8, 4) is 11.1 Å². The molecular formula is C22H30N8O2. The van der Waals surface area contributed by atoms with Crippen LogP contribution in [-0.4, -0.2) is 73.6 Å². The summed E-state index contributed by atoms with van der Waals surface area (Å²) in [5, 5.41) is 11.9. The number of hydrogen-bond acceptors (Lipinski definition) is 7. The number of anilines is 1. The van der Waals surface area contributed by atoms with Gasteiger partial charge in [0.15, 0.2) is 5.65 Å². The molecule has 170 valence electrons. The average Bonchev–Trinajstić information content (AvgIpc) is 3.38. The normalized spacial score (nSPS) is 19.2. The predicted octanol–water partition coefficient (Wildman–Crippen LogP) is 1.74. The van der Waals surface area contributed by atoms with E-state index >= 15 is 0 Å². The van der Waals surface area contributed by atoms with Crippen molar-refractivity contribution in [1.29, 1.82) is 0 Å². The third-order valence-electron chi connectivity index (χ3n) is 6.63. The van der Waals surface area contributed by atoms with Crippen LogP contribution in [0.1, 0.15) is 49.5 Å². The quantitative estimate of drug-likeness (QED) is 0.602. The number of hydrogen-bond donors (Lipinski definition) is 2. The maximum atomic E-state index is 12.9. The zero-order valence-corrected chi connectivity index (χ0v) is 18.6. The van der Waals surface area contributed by atoms with Crippen molar-refractivity contribution in [2.75, 3.05) is 32.0 Å². The maximum absolute atomic E-state index is 12.9. The van der Waals surface area contributed by atoms with Crippen LogP contribution in [0.3, 0.4) is 0 Å². The summed E-state index contributed by atoms with van der Waals surface area (Å²) in [6.45, 7) is 7.86. The fourth-order valence-corrected chi connectivity index (χ4v) is 4.37. The van der Waals surface area contributed by atoms with Gasteiger partial charge in [-0.3, -0.25) is 14.4 Å². The number of pyridine rings is 1. The Bertz CT molecular complexity index is 1110. The van der Waals surface area contributed by atoms with Crippen LogP contribution in [-0.2, 0) is 4.74 Å². The highest BCUT2D eigenvalue weighted by atomic mass is 16.5. The van der Waals surface area contributed by atoms with Gasteiger partial charge in [0.1, 0.15) is 0 Å². The molecule has 2 fully saturated rings. The number of rotatable bonds is 6. The second-order valence-corrected chi connectivity index (χ2v) is 8.83. The summed E-state index contributed by atoms with van der Waals surface area (Å²) in [5.74, 6) is -0.0441. The van der Waals surface area contributed by atoms with Gasteiger partial charge >= 0.3 is 0 Å². The first kappa shape index (κ1) is 20.9. The van der Waals surface area contributed by atoms with Crippen molar-refractivity contribution in [2.24, 2.45) is 0 Å². The van der Waals surface area contributed by atoms with Crippen molar-refractivity contribution < 1.29 is 9.53 Å². The van der Waals surface area contributed by atoms with Gasteiger partial charge in [0.2, 0.25) is 5.95 Å². The second-order valence-electron chi connectivity index (χ2n) is 8.83. The number of nitrogens with zero attached hydrogens (tertiary/aromatic N) is 6. The van der Waals surface area contributed by atoms with E-state index in [0.29, 0.717) is 23.3 Å².